The SMILES string of the molecule is Cc1cccc(-n2c(C)nc(N3CCC4(CC3)CO[C@@H](C)[C@H]4C)c(C)c2=O)c1C. The second kappa shape index (κ2) is 7.28. The first-order valence-corrected chi connectivity index (χ1v) is 10.8. The Balaban J connectivity index is 1.66. The molecule has 1 aromatic carbocycles. The molecule has 2 atom stereocenters. The lowest BCUT2D eigenvalue weighted by Crippen LogP contribution is -2.45. The molecule has 4 rings (SSSR count). The van der Waals surface area contributed by atoms with Crippen LogP contribution in [0.5, 0.6) is 0 Å². The predicted octanol–water partition coefficient (Wildman–Crippen LogP) is 4.11. The van der Waals surface area contributed by atoms with E-state index in [4.69, 9.17) is 9.72 Å². The van der Waals surface area contributed by atoms with E-state index in [-0.39, 0.29) is 11.0 Å². The summed E-state index contributed by atoms with van der Waals surface area (Å²) in [6.45, 7) is 15.2. The van der Waals surface area contributed by atoms with Crippen LogP contribution in [0.3, 0.4) is 0 Å². The summed E-state index contributed by atoms with van der Waals surface area (Å²) >= 11 is 0. The Kier molecular flexibility index (Phi) is 5.06. The van der Waals surface area contributed by atoms with E-state index in [0.29, 0.717) is 12.0 Å². The molecule has 0 radical (unpaired) electrons. The van der Waals surface area contributed by atoms with Crippen LogP contribution in [0.1, 0.15) is 49.2 Å². The largest absolute Gasteiger partial charge is 0.378 e. The molecule has 5 nitrogen and oxygen atoms in total. The van der Waals surface area contributed by atoms with Gasteiger partial charge in [-0.15, -0.1) is 0 Å². The molecule has 2 aromatic rings. The third-order valence-electron chi connectivity index (χ3n) is 7.63. The molecule has 0 N–H and O–H groups in total. The summed E-state index contributed by atoms with van der Waals surface area (Å²) < 4.78 is 7.72. The maximum absolute atomic E-state index is 13.3. The van der Waals surface area contributed by atoms with Gasteiger partial charge in [0.2, 0.25) is 0 Å². The topological polar surface area (TPSA) is 47.4 Å². The van der Waals surface area contributed by atoms with Gasteiger partial charge < -0.3 is 9.64 Å². The van der Waals surface area contributed by atoms with E-state index < -0.39 is 0 Å². The molecular weight excluding hydrogens is 362 g/mol. The van der Waals surface area contributed by atoms with Gasteiger partial charge in [-0.1, -0.05) is 19.1 Å². The average molecular weight is 396 g/mol. The van der Waals surface area contributed by atoms with Crippen LogP contribution in [0.2, 0.25) is 0 Å². The van der Waals surface area contributed by atoms with Gasteiger partial charge in [0.1, 0.15) is 11.6 Å². The summed E-state index contributed by atoms with van der Waals surface area (Å²) in [7, 11) is 0. The number of rotatable bonds is 2. The van der Waals surface area contributed by atoms with Gasteiger partial charge in [-0.05, 0) is 70.6 Å². The van der Waals surface area contributed by atoms with Crippen LogP contribution in [0.4, 0.5) is 5.82 Å². The molecule has 3 heterocycles. The number of hydrogen-bond acceptors (Lipinski definition) is 4. The van der Waals surface area contributed by atoms with Crippen LogP contribution in [-0.4, -0.2) is 35.4 Å². The maximum Gasteiger partial charge on any atom is 0.263 e. The lowest BCUT2D eigenvalue weighted by Gasteiger charge is -2.42. The fraction of sp³-hybridized carbons (Fsp3) is 0.583. The van der Waals surface area contributed by atoms with Gasteiger partial charge in [0.25, 0.3) is 5.56 Å². The summed E-state index contributed by atoms with van der Waals surface area (Å²) in [4.78, 5) is 20.6. The Labute approximate surface area is 173 Å². The molecule has 29 heavy (non-hydrogen) atoms. The fourth-order valence-corrected chi connectivity index (χ4v) is 5.10. The summed E-state index contributed by atoms with van der Waals surface area (Å²) in [5.74, 6) is 2.18. The number of hydrogen-bond donors (Lipinski definition) is 0. The average Bonchev–Trinajstić information content (AvgIpc) is 2.97. The Bertz CT molecular complexity index is 986. The Morgan fingerprint density at radius 2 is 1.76 bits per heavy atom. The van der Waals surface area contributed by atoms with Crippen LogP contribution >= 0.6 is 0 Å². The van der Waals surface area contributed by atoms with Gasteiger partial charge in [0, 0.05) is 18.5 Å². The van der Waals surface area contributed by atoms with Crippen LogP contribution in [-0.2, 0) is 4.74 Å². The molecule has 2 aliphatic rings. The molecule has 0 aliphatic carbocycles. The minimum absolute atomic E-state index is 0.0349. The monoisotopic (exact) mass is 395 g/mol. The molecule has 1 aromatic heterocycles. The Morgan fingerprint density at radius 1 is 1.07 bits per heavy atom. The summed E-state index contributed by atoms with van der Waals surface area (Å²) in [6.07, 6.45) is 2.53. The molecule has 2 aliphatic heterocycles. The summed E-state index contributed by atoms with van der Waals surface area (Å²) in [5.41, 5.74) is 4.28. The first kappa shape index (κ1) is 20.1. The van der Waals surface area contributed by atoms with Gasteiger partial charge in [-0.2, -0.15) is 0 Å². The van der Waals surface area contributed by atoms with E-state index in [1.54, 1.807) is 4.57 Å². The Hall–Kier alpha value is -2.14. The van der Waals surface area contributed by atoms with Crippen LogP contribution in [0.25, 0.3) is 5.69 Å². The van der Waals surface area contributed by atoms with E-state index in [9.17, 15) is 4.79 Å². The lowest BCUT2D eigenvalue weighted by atomic mass is 9.70. The molecule has 156 valence electrons. The number of nitrogens with zero attached hydrogens (tertiary/aromatic N) is 3. The van der Waals surface area contributed by atoms with Crippen molar-refractivity contribution >= 4 is 5.82 Å². The summed E-state index contributed by atoms with van der Waals surface area (Å²) in [5, 5.41) is 0. The van der Waals surface area contributed by atoms with Crippen molar-refractivity contribution in [2.75, 3.05) is 24.6 Å². The van der Waals surface area contributed by atoms with Gasteiger partial charge >= 0.3 is 0 Å². The highest BCUT2D eigenvalue weighted by Crippen LogP contribution is 2.46. The Morgan fingerprint density at radius 3 is 2.38 bits per heavy atom. The van der Waals surface area contributed by atoms with E-state index in [1.165, 1.54) is 5.56 Å². The molecule has 5 heteroatoms. The third-order valence-corrected chi connectivity index (χ3v) is 7.63. The van der Waals surface area contributed by atoms with E-state index in [2.05, 4.69) is 38.7 Å². The second-order valence-corrected chi connectivity index (χ2v) is 9.12. The van der Waals surface area contributed by atoms with Crippen molar-refractivity contribution in [3.63, 3.8) is 0 Å². The lowest BCUT2D eigenvalue weighted by molar-refractivity contribution is 0.0969. The molecule has 1 spiro atoms. The van der Waals surface area contributed by atoms with Crippen molar-refractivity contribution in [2.24, 2.45) is 11.3 Å². The van der Waals surface area contributed by atoms with Crippen molar-refractivity contribution in [1.82, 2.24) is 9.55 Å². The predicted molar refractivity (Wildman–Crippen MR) is 117 cm³/mol. The first-order valence-electron chi connectivity index (χ1n) is 10.8. The van der Waals surface area contributed by atoms with Crippen molar-refractivity contribution in [3.8, 4) is 5.69 Å². The fourth-order valence-electron chi connectivity index (χ4n) is 5.10. The molecule has 0 unspecified atom stereocenters. The highest BCUT2D eigenvalue weighted by molar-refractivity contribution is 5.51. The zero-order chi connectivity index (χ0) is 20.9. The quantitative estimate of drug-likeness (QED) is 0.768. The van der Waals surface area contributed by atoms with Gasteiger partial charge in [0.15, 0.2) is 0 Å². The first-order chi connectivity index (χ1) is 13.7. The molecule has 2 fully saturated rings. The smallest absolute Gasteiger partial charge is 0.263 e. The molecule has 0 amide bonds. The highest BCUT2D eigenvalue weighted by atomic mass is 16.5. The van der Waals surface area contributed by atoms with Crippen LogP contribution in [0.15, 0.2) is 23.0 Å². The molecule has 2 saturated heterocycles. The van der Waals surface area contributed by atoms with Crippen molar-refractivity contribution < 1.29 is 4.74 Å². The van der Waals surface area contributed by atoms with E-state index >= 15 is 0 Å². The van der Waals surface area contributed by atoms with Crippen LogP contribution < -0.4 is 10.5 Å². The third kappa shape index (κ3) is 3.20. The van der Waals surface area contributed by atoms with Gasteiger partial charge in [0.05, 0.1) is 24.0 Å². The second-order valence-electron chi connectivity index (χ2n) is 9.12. The molecule has 0 bridgehead atoms. The standard InChI is InChI=1S/C24H33N3O2/c1-15-8-7-9-21(16(15)2)27-20(6)25-22(17(3)23(27)28)26-12-10-24(11-13-26)14-29-19(5)18(24)4/h7-9,18-19H,10-14H2,1-6H3/t18-,19+/m1/s1. The van der Waals surface area contributed by atoms with Crippen LogP contribution in [0, 0.1) is 39.0 Å². The van der Waals surface area contributed by atoms with E-state index in [0.717, 1.165) is 61.0 Å². The maximum atomic E-state index is 13.3. The minimum Gasteiger partial charge on any atom is -0.378 e. The van der Waals surface area contributed by atoms with Gasteiger partial charge in [-0.3, -0.25) is 9.36 Å². The number of aryl methyl sites for hydroxylation is 2. The summed E-state index contributed by atoms with van der Waals surface area (Å²) in [6, 6.07) is 6.08. The minimum atomic E-state index is 0.0349. The molecule has 0 saturated carbocycles. The zero-order valence-corrected chi connectivity index (χ0v) is 18.6. The number of ether oxygens (including phenoxy) is 1. The zero-order valence-electron chi connectivity index (χ0n) is 18.6. The number of anilines is 1. The van der Waals surface area contributed by atoms with Gasteiger partial charge in [-0.25, -0.2) is 4.98 Å². The van der Waals surface area contributed by atoms with Crippen molar-refractivity contribution in [1.29, 1.82) is 0 Å². The van der Waals surface area contributed by atoms with Crippen molar-refractivity contribution in [2.45, 2.75) is 60.5 Å². The van der Waals surface area contributed by atoms with E-state index in [1.807, 2.05) is 26.0 Å². The number of piperidine rings is 1. The highest BCUT2D eigenvalue weighted by Gasteiger charge is 2.47. The van der Waals surface area contributed by atoms with Crippen molar-refractivity contribution in [3.05, 3.63) is 51.1 Å². The number of benzene rings is 1. The molecular formula is C24H33N3O2. The number of aromatic nitrogens is 2. The normalized spacial score (nSPS) is 23.7.